The second-order valence-corrected chi connectivity index (χ2v) is 5.36. The molecule has 0 radical (unpaired) electrons. The number of benzene rings is 2. The van der Waals surface area contributed by atoms with Crippen molar-refractivity contribution in [2.45, 2.75) is 0 Å². The number of carbonyl (C=O) groups is 3. The van der Waals surface area contributed by atoms with Crippen molar-refractivity contribution in [1.82, 2.24) is 5.32 Å². The molecule has 2 amide bonds. The highest BCUT2D eigenvalue weighted by atomic mass is 19.2. The largest absolute Gasteiger partial charge is 0.497 e. The van der Waals surface area contributed by atoms with Crippen LogP contribution in [-0.4, -0.2) is 38.4 Å². The number of anilines is 1. The van der Waals surface area contributed by atoms with E-state index in [0.717, 1.165) is 6.07 Å². The zero-order chi connectivity index (χ0) is 20.7. The molecule has 0 fully saturated rings. The van der Waals surface area contributed by atoms with Gasteiger partial charge in [0, 0.05) is 0 Å². The maximum atomic E-state index is 13.5. The van der Waals surface area contributed by atoms with Gasteiger partial charge in [-0.05, 0) is 30.3 Å². The van der Waals surface area contributed by atoms with Crippen molar-refractivity contribution >= 4 is 23.8 Å². The number of halogens is 3. The minimum atomic E-state index is -1.72. The fourth-order valence-electron chi connectivity index (χ4n) is 2.07. The smallest absolute Gasteiger partial charge is 0.258 e. The zero-order valence-electron chi connectivity index (χ0n) is 14.6. The molecule has 2 N–H and O–H groups in total. The number of amides is 2. The summed E-state index contributed by atoms with van der Waals surface area (Å²) in [6.45, 7) is -1.07. The van der Waals surface area contributed by atoms with E-state index in [1.54, 1.807) is 0 Å². The standard InChI is InChI=1S/C18H15F3N2O5/c1-27-11-2-5-14(10(6-11)8-24)28-9-16(26)22-7-15(25)23-13-4-3-12(19)17(20)18(13)21/h2-6,8H,7,9H2,1H3,(H,22,26)(H,23,25). The quantitative estimate of drug-likeness (QED) is 0.526. The molecule has 0 saturated carbocycles. The van der Waals surface area contributed by atoms with Crippen LogP contribution in [0.1, 0.15) is 10.4 Å². The molecule has 0 atom stereocenters. The average molecular weight is 396 g/mol. The summed E-state index contributed by atoms with van der Waals surface area (Å²) in [6, 6.07) is 5.89. The Balaban J connectivity index is 1.85. The third-order valence-electron chi connectivity index (χ3n) is 3.46. The number of methoxy groups -OCH3 is 1. The summed E-state index contributed by atoms with van der Waals surface area (Å²) in [5, 5.41) is 4.20. The summed E-state index contributed by atoms with van der Waals surface area (Å²) in [7, 11) is 1.43. The van der Waals surface area contributed by atoms with E-state index in [9.17, 15) is 27.6 Å². The molecule has 10 heteroatoms. The number of hydrogen-bond acceptors (Lipinski definition) is 5. The Labute approximate surface area is 157 Å². The molecule has 0 spiro atoms. The first-order valence-electron chi connectivity index (χ1n) is 7.81. The highest BCUT2D eigenvalue weighted by Crippen LogP contribution is 2.22. The van der Waals surface area contributed by atoms with Gasteiger partial charge in [-0.2, -0.15) is 0 Å². The molecule has 2 aromatic rings. The van der Waals surface area contributed by atoms with Gasteiger partial charge in [-0.3, -0.25) is 14.4 Å². The number of rotatable bonds is 8. The van der Waals surface area contributed by atoms with Crippen molar-refractivity contribution in [3.63, 3.8) is 0 Å². The number of carbonyl (C=O) groups excluding carboxylic acids is 3. The lowest BCUT2D eigenvalue weighted by atomic mass is 10.2. The fourth-order valence-corrected chi connectivity index (χ4v) is 2.07. The van der Waals surface area contributed by atoms with Gasteiger partial charge >= 0.3 is 0 Å². The molecule has 28 heavy (non-hydrogen) atoms. The Morgan fingerprint density at radius 1 is 1.07 bits per heavy atom. The second-order valence-electron chi connectivity index (χ2n) is 5.36. The minimum Gasteiger partial charge on any atom is -0.497 e. The van der Waals surface area contributed by atoms with Crippen LogP contribution in [0.2, 0.25) is 0 Å². The van der Waals surface area contributed by atoms with E-state index in [1.807, 2.05) is 5.32 Å². The Morgan fingerprint density at radius 3 is 2.50 bits per heavy atom. The third kappa shape index (κ3) is 5.22. The molecule has 148 valence electrons. The van der Waals surface area contributed by atoms with Crippen molar-refractivity contribution in [1.29, 1.82) is 0 Å². The number of nitrogens with one attached hydrogen (secondary N) is 2. The van der Waals surface area contributed by atoms with Crippen LogP contribution in [0.5, 0.6) is 11.5 Å². The van der Waals surface area contributed by atoms with Gasteiger partial charge in [-0.1, -0.05) is 0 Å². The molecule has 0 aliphatic carbocycles. The Morgan fingerprint density at radius 2 is 1.82 bits per heavy atom. The van der Waals surface area contributed by atoms with Crippen molar-refractivity contribution < 1.29 is 37.0 Å². The summed E-state index contributed by atoms with van der Waals surface area (Å²) in [5.74, 6) is -5.66. The van der Waals surface area contributed by atoms with Crippen LogP contribution in [0.3, 0.4) is 0 Å². The van der Waals surface area contributed by atoms with Crippen LogP contribution in [0.4, 0.5) is 18.9 Å². The van der Waals surface area contributed by atoms with Crippen LogP contribution >= 0.6 is 0 Å². The molecule has 7 nitrogen and oxygen atoms in total. The molecule has 0 bridgehead atoms. The third-order valence-corrected chi connectivity index (χ3v) is 3.46. The van der Waals surface area contributed by atoms with E-state index in [1.165, 1.54) is 25.3 Å². The highest BCUT2D eigenvalue weighted by molar-refractivity contribution is 5.94. The number of ether oxygens (including phenoxy) is 2. The van der Waals surface area contributed by atoms with Crippen LogP contribution < -0.4 is 20.1 Å². The lowest BCUT2D eigenvalue weighted by Gasteiger charge is -2.11. The van der Waals surface area contributed by atoms with Crippen molar-refractivity contribution in [3.05, 3.63) is 53.3 Å². The maximum absolute atomic E-state index is 13.5. The molecule has 0 saturated heterocycles. The fraction of sp³-hybridized carbons (Fsp3) is 0.167. The van der Waals surface area contributed by atoms with Crippen LogP contribution in [0.15, 0.2) is 30.3 Å². The van der Waals surface area contributed by atoms with Crippen LogP contribution in [-0.2, 0) is 9.59 Å². The summed E-state index contributed by atoms with van der Waals surface area (Å²) < 4.78 is 49.6. The molecule has 0 aliphatic heterocycles. The lowest BCUT2D eigenvalue weighted by molar-refractivity contribution is -0.125. The first kappa shape index (κ1) is 20.7. The predicted octanol–water partition coefficient (Wildman–Crippen LogP) is 2.06. The van der Waals surface area contributed by atoms with Gasteiger partial charge in [0.2, 0.25) is 5.91 Å². The topological polar surface area (TPSA) is 93.7 Å². The lowest BCUT2D eigenvalue weighted by Crippen LogP contribution is -2.36. The number of hydrogen-bond donors (Lipinski definition) is 2. The van der Waals surface area contributed by atoms with Gasteiger partial charge in [0.1, 0.15) is 11.5 Å². The predicted molar refractivity (Wildman–Crippen MR) is 91.8 cm³/mol. The second kappa shape index (κ2) is 9.40. The van der Waals surface area contributed by atoms with E-state index in [2.05, 4.69) is 5.32 Å². The van der Waals surface area contributed by atoms with Gasteiger partial charge in [-0.25, -0.2) is 13.2 Å². The normalized spacial score (nSPS) is 10.1. The first-order chi connectivity index (χ1) is 13.3. The van der Waals surface area contributed by atoms with Gasteiger partial charge in [0.05, 0.1) is 24.9 Å². The van der Waals surface area contributed by atoms with Crippen molar-refractivity contribution in [2.75, 3.05) is 25.6 Å². The summed E-state index contributed by atoms with van der Waals surface area (Å²) >= 11 is 0. The van der Waals surface area contributed by atoms with Crippen LogP contribution in [0.25, 0.3) is 0 Å². The molecule has 2 aromatic carbocycles. The maximum Gasteiger partial charge on any atom is 0.258 e. The minimum absolute atomic E-state index is 0.138. The summed E-state index contributed by atoms with van der Waals surface area (Å²) in [6.07, 6.45) is 0.527. The van der Waals surface area contributed by atoms with Gasteiger partial charge in [0.15, 0.2) is 30.3 Å². The first-order valence-corrected chi connectivity index (χ1v) is 7.81. The average Bonchev–Trinajstić information content (AvgIpc) is 2.70. The van der Waals surface area contributed by atoms with E-state index in [4.69, 9.17) is 9.47 Å². The molecular formula is C18H15F3N2O5. The number of aldehydes is 1. The van der Waals surface area contributed by atoms with Gasteiger partial charge in [0.25, 0.3) is 5.91 Å². The Bertz CT molecular complexity index is 905. The van der Waals surface area contributed by atoms with Gasteiger partial charge < -0.3 is 20.1 Å². The Kier molecular flexibility index (Phi) is 6.96. The molecule has 0 heterocycles. The summed E-state index contributed by atoms with van der Waals surface area (Å²) in [4.78, 5) is 34.5. The van der Waals surface area contributed by atoms with E-state index in [-0.39, 0.29) is 11.3 Å². The van der Waals surface area contributed by atoms with Crippen molar-refractivity contribution in [2.24, 2.45) is 0 Å². The molecule has 0 aliphatic rings. The highest BCUT2D eigenvalue weighted by Gasteiger charge is 2.16. The zero-order valence-corrected chi connectivity index (χ0v) is 14.6. The van der Waals surface area contributed by atoms with Crippen LogP contribution in [0, 0.1) is 17.5 Å². The van der Waals surface area contributed by atoms with E-state index in [0.29, 0.717) is 18.1 Å². The summed E-state index contributed by atoms with van der Waals surface area (Å²) in [5.41, 5.74) is -0.401. The van der Waals surface area contributed by atoms with E-state index < -0.39 is 48.1 Å². The van der Waals surface area contributed by atoms with Crippen molar-refractivity contribution in [3.8, 4) is 11.5 Å². The molecule has 2 rings (SSSR count). The molecular weight excluding hydrogens is 381 g/mol. The Hall–Kier alpha value is -3.56. The van der Waals surface area contributed by atoms with E-state index >= 15 is 0 Å². The monoisotopic (exact) mass is 396 g/mol. The molecule has 0 unspecified atom stereocenters. The SMILES string of the molecule is COc1ccc(OCC(=O)NCC(=O)Nc2ccc(F)c(F)c2F)c(C=O)c1. The van der Waals surface area contributed by atoms with Gasteiger partial charge in [-0.15, -0.1) is 0 Å². The molecule has 0 aromatic heterocycles.